The molecule has 0 aliphatic carbocycles. The highest BCUT2D eigenvalue weighted by Crippen LogP contribution is 2.07. The lowest BCUT2D eigenvalue weighted by molar-refractivity contribution is -0.119. The van der Waals surface area contributed by atoms with E-state index < -0.39 is 5.82 Å². The lowest BCUT2D eigenvalue weighted by atomic mass is 10.1. The molecule has 1 heterocycles. The molecule has 94 valence electrons. The van der Waals surface area contributed by atoms with Crippen molar-refractivity contribution in [2.45, 2.75) is 13.0 Å². The summed E-state index contributed by atoms with van der Waals surface area (Å²) in [4.78, 5) is 23.4. The molecule has 1 aliphatic rings. The molecule has 18 heavy (non-hydrogen) atoms. The molecule has 1 fully saturated rings. The van der Waals surface area contributed by atoms with E-state index in [1.807, 2.05) is 6.92 Å². The lowest BCUT2D eigenvalue weighted by Crippen LogP contribution is -2.49. The second kappa shape index (κ2) is 5.00. The predicted octanol–water partition coefficient (Wildman–Crippen LogP) is 1.00. The van der Waals surface area contributed by atoms with Crippen LogP contribution in [0.25, 0.3) is 0 Å². The molecule has 1 atom stereocenters. The van der Waals surface area contributed by atoms with Crippen molar-refractivity contribution in [1.82, 2.24) is 10.6 Å². The van der Waals surface area contributed by atoms with Gasteiger partial charge in [0.1, 0.15) is 11.5 Å². The quantitative estimate of drug-likeness (QED) is 0.606. The van der Waals surface area contributed by atoms with Crippen molar-refractivity contribution >= 4 is 11.7 Å². The maximum Gasteiger partial charge on any atom is 0.267 e. The van der Waals surface area contributed by atoms with Crippen LogP contribution in [-0.2, 0) is 4.79 Å². The number of amides is 1. The number of hydrogen-bond donors (Lipinski definition) is 2. The van der Waals surface area contributed by atoms with Gasteiger partial charge in [-0.05, 0) is 31.2 Å². The number of benzene rings is 1. The first-order chi connectivity index (χ1) is 8.56. The minimum atomic E-state index is -0.401. The average Bonchev–Trinajstić information content (AvgIpc) is 2.33. The maximum absolute atomic E-state index is 12.7. The predicted molar refractivity (Wildman–Crippen MR) is 64.4 cm³/mol. The van der Waals surface area contributed by atoms with Gasteiger partial charge in [0.15, 0.2) is 5.78 Å². The van der Waals surface area contributed by atoms with Gasteiger partial charge in [0.05, 0.1) is 0 Å². The van der Waals surface area contributed by atoms with E-state index in [2.05, 4.69) is 10.6 Å². The van der Waals surface area contributed by atoms with Crippen LogP contribution in [0.2, 0.25) is 0 Å². The highest BCUT2D eigenvalue weighted by molar-refractivity contribution is 6.09. The molecule has 1 aromatic carbocycles. The van der Waals surface area contributed by atoms with Crippen LogP contribution in [0.15, 0.2) is 36.0 Å². The third kappa shape index (κ3) is 2.74. The molecule has 1 saturated heterocycles. The third-order valence-corrected chi connectivity index (χ3v) is 2.62. The van der Waals surface area contributed by atoms with E-state index in [0.29, 0.717) is 12.1 Å². The van der Waals surface area contributed by atoms with Gasteiger partial charge < -0.3 is 10.6 Å². The Labute approximate surface area is 104 Å². The Morgan fingerprint density at radius 3 is 2.67 bits per heavy atom. The summed E-state index contributed by atoms with van der Waals surface area (Å²) in [5.41, 5.74) is 0.583. The van der Waals surface area contributed by atoms with Crippen molar-refractivity contribution < 1.29 is 14.0 Å². The van der Waals surface area contributed by atoms with Crippen LogP contribution in [0, 0.1) is 5.82 Å². The van der Waals surface area contributed by atoms with E-state index in [1.54, 1.807) is 0 Å². The highest BCUT2D eigenvalue weighted by Gasteiger charge is 2.19. The van der Waals surface area contributed by atoms with Gasteiger partial charge in [-0.3, -0.25) is 9.59 Å². The largest absolute Gasteiger partial charge is 0.378 e. The number of allylic oxidation sites excluding steroid dienone is 1. The fraction of sp³-hybridized carbons (Fsp3) is 0.231. The molecule has 2 N–H and O–H groups in total. The summed E-state index contributed by atoms with van der Waals surface area (Å²) in [7, 11) is 0. The summed E-state index contributed by atoms with van der Waals surface area (Å²) in [6, 6.07) is 5.23. The van der Waals surface area contributed by atoms with Crippen molar-refractivity contribution in [1.29, 1.82) is 0 Å². The Kier molecular flexibility index (Phi) is 3.41. The van der Waals surface area contributed by atoms with Crippen molar-refractivity contribution in [3.05, 3.63) is 47.4 Å². The number of carbonyl (C=O) groups is 2. The van der Waals surface area contributed by atoms with Crippen molar-refractivity contribution in [2.24, 2.45) is 0 Å². The Balaban J connectivity index is 2.15. The van der Waals surface area contributed by atoms with Gasteiger partial charge in [-0.25, -0.2) is 4.39 Å². The van der Waals surface area contributed by atoms with Crippen LogP contribution in [-0.4, -0.2) is 24.3 Å². The van der Waals surface area contributed by atoms with Crippen LogP contribution in [0.5, 0.6) is 0 Å². The molecule has 0 spiro atoms. The van der Waals surface area contributed by atoms with E-state index in [1.165, 1.54) is 30.3 Å². The number of hydrogen-bond acceptors (Lipinski definition) is 3. The summed E-state index contributed by atoms with van der Waals surface area (Å²) < 4.78 is 12.7. The molecule has 0 aromatic heterocycles. The Hall–Kier alpha value is -2.17. The van der Waals surface area contributed by atoms with Crippen LogP contribution in [0.4, 0.5) is 4.39 Å². The number of nitrogens with one attached hydrogen (secondary N) is 2. The van der Waals surface area contributed by atoms with Gasteiger partial charge in [0.2, 0.25) is 0 Å². The summed E-state index contributed by atoms with van der Waals surface area (Å²) >= 11 is 0. The molecule has 0 bridgehead atoms. The van der Waals surface area contributed by atoms with Crippen molar-refractivity contribution in [3.63, 3.8) is 0 Å². The fourth-order valence-corrected chi connectivity index (χ4v) is 1.64. The van der Waals surface area contributed by atoms with Gasteiger partial charge >= 0.3 is 0 Å². The van der Waals surface area contributed by atoms with E-state index in [-0.39, 0.29) is 23.4 Å². The maximum atomic E-state index is 12.7. The monoisotopic (exact) mass is 248 g/mol. The number of carbonyl (C=O) groups excluding carboxylic acids is 2. The Bertz CT molecular complexity index is 508. The average molecular weight is 248 g/mol. The molecule has 0 radical (unpaired) electrons. The zero-order chi connectivity index (χ0) is 13.1. The second-order valence-electron chi connectivity index (χ2n) is 4.18. The molecular formula is C13H13FN2O2. The van der Waals surface area contributed by atoms with Crippen LogP contribution in [0.1, 0.15) is 17.3 Å². The van der Waals surface area contributed by atoms with E-state index in [4.69, 9.17) is 0 Å². The van der Waals surface area contributed by atoms with Crippen molar-refractivity contribution in [3.8, 4) is 0 Å². The number of halogens is 1. The summed E-state index contributed by atoms with van der Waals surface area (Å²) in [6.07, 6.45) is 1.23. The van der Waals surface area contributed by atoms with E-state index in [0.717, 1.165) is 0 Å². The minimum Gasteiger partial charge on any atom is -0.378 e. The minimum absolute atomic E-state index is 0.0376. The highest BCUT2D eigenvalue weighted by atomic mass is 19.1. The molecule has 1 aliphatic heterocycles. The molecule has 0 unspecified atom stereocenters. The lowest BCUT2D eigenvalue weighted by Gasteiger charge is -2.23. The number of rotatable bonds is 2. The molecule has 5 heteroatoms. The van der Waals surface area contributed by atoms with E-state index in [9.17, 15) is 14.0 Å². The van der Waals surface area contributed by atoms with E-state index >= 15 is 0 Å². The normalized spacial score (nSPS) is 21.3. The molecular weight excluding hydrogens is 235 g/mol. The molecule has 1 amide bonds. The molecule has 0 saturated carbocycles. The van der Waals surface area contributed by atoms with Gasteiger partial charge in [-0.15, -0.1) is 0 Å². The van der Waals surface area contributed by atoms with Crippen molar-refractivity contribution in [2.75, 3.05) is 6.54 Å². The van der Waals surface area contributed by atoms with Gasteiger partial charge in [0, 0.05) is 24.2 Å². The van der Waals surface area contributed by atoms with Gasteiger partial charge in [-0.1, -0.05) is 0 Å². The standard InChI is InChI=1S/C13H13FN2O2/c1-8-7-15-11(13(18)16-8)6-12(17)9-2-4-10(14)5-3-9/h2-6,8,15H,7H2,1H3,(H,16,18)/b11-6+/t8-/m1/s1. The second-order valence-corrected chi connectivity index (χ2v) is 4.18. The number of piperazine rings is 1. The zero-order valence-corrected chi connectivity index (χ0v) is 9.87. The third-order valence-electron chi connectivity index (χ3n) is 2.62. The molecule has 1 aromatic rings. The Morgan fingerprint density at radius 2 is 2.06 bits per heavy atom. The summed E-state index contributed by atoms with van der Waals surface area (Å²) in [6.45, 7) is 2.44. The first-order valence-corrected chi connectivity index (χ1v) is 5.62. The zero-order valence-electron chi connectivity index (χ0n) is 9.87. The molecule has 2 rings (SSSR count). The van der Waals surface area contributed by atoms with Crippen LogP contribution < -0.4 is 10.6 Å². The summed E-state index contributed by atoms with van der Waals surface area (Å²) in [5.74, 6) is -1.03. The van der Waals surface area contributed by atoms with Crippen LogP contribution >= 0.6 is 0 Å². The van der Waals surface area contributed by atoms with Crippen LogP contribution in [0.3, 0.4) is 0 Å². The smallest absolute Gasteiger partial charge is 0.267 e. The molecule has 4 nitrogen and oxygen atoms in total. The number of ketones is 1. The van der Waals surface area contributed by atoms with Gasteiger partial charge in [-0.2, -0.15) is 0 Å². The SMILES string of the molecule is C[C@@H]1CN/C(=C/C(=O)c2ccc(F)cc2)C(=O)N1. The summed E-state index contributed by atoms with van der Waals surface area (Å²) in [5, 5.41) is 5.60. The first-order valence-electron chi connectivity index (χ1n) is 5.62. The Morgan fingerprint density at radius 1 is 1.39 bits per heavy atom. The topological polar surface area (TPSA) is 58.2 Å². The first kappa shape index (κ1) is 12.3. The fourth-order valence-electron chi connectivity index (χ4n) is 1.64. The van der Waals surface area contributed by atoms with Gasteiger partial charge in [0.25, 0.3) is 5.91 Å².